The number of nitrogens with zero attached hydrogens (tertiary/aromatic N) is 1. The molecule has 0 aliphatic carbocycles. The Bertz CT molecular complexity index is 221. The summed E-state index contributed by atoms with van der Waals surface area (Å²) in [7, 11) is 0. The van der Waals surface area contributed by atoms with Gasteiger partial charge in [0.25, 0.3) is 0 Å². The van der Waals surface area contributed by atoms with Crippen molar-refractivity contribution in [2.75, 3.05) is 18.3 Å². The monoisotopic (exact) mass is 253 g/mol. The van der Waals surface area contributed by atoms with Crippen molar-refractivity contribution in [3.8, 4) is 0 Å². The Morgan fingerprint density at radius 2 is 1.60 bits per heavy atom. The Labute approximate surface area is 103 Å². The largest absolute Gasteiger partial charge is 0.335 e. The summed E-state index contributed by atoms with van der Waals surface area (Å²) < 4.78 is 0. The van der Waals surface area contributed by atoms with Gasteiger partial charge in [0, 0.05) is 23.7 Å². The molecule has 0 aliphatic rings. The second kappa shape index (κ2) is 5.40. The number of carbonyl (C=O) groups is 1. The zero-order valence-electron chi connectivity index (χ0n) is 10.2. The van der Waals surface area contributed by atoms with Crippen LogP contribution >= 0.6 is 23.2 Å². The lowest BCUT2D eigenvalue weighted by Gasteiger charge is -2.40. The SMILES string of the molecule is CC(C)(C)C(=O)N(CCCl)C(C)(C)CCl. The number of carbonyl (C=O) groups excluding carboxylic acids is 1. The van der Waals surface area contributed by atoms with Gasteiger partial charge in [-0.1, -0.05) is 20.8 Å². The van der Waals surface area contributed by atoms with Gasteiger partial charge in [0.1, 0.15) is 0 Å². The maximum absolute atomic E-state index is 12.2. The molecule has 0 aromatic carbocycles. The van der Waals surface area contributed by atoms with Gasteiger partial charge in [-0.05, 0) is 13.8 Å². The van der Waals surface area contributed by atoms with Crippen LogP contribution < -0.4 is 0 Å². The van der Waals surface area contributed by atoms with E-state index >= 15 is 0 Å². The molecule has 0 aromatic heterocycles. The van der Waals surface area contributed by atoms with E-state index in [1.807, 2.05) is 34.6 Å². The average molecular weight is 254 g/mol. The van der Waals surface area contributed by atoms with Crippen LogP contribution in [0.15, 0.2) is 0 Å². The molecule has 0 aromatic rings. The van der Waals surface area contributed by atoms with E-state index in [-0.39, 0.29) is 11.4 Å². The molecule has 0 aliphatic heterocycles. The molecule has 0 bridgehead atoms. The summed E-state index contributed by atoms with van der Waals surface area (Å²) in [5.41, 5.74) is -0.740. The fourth-order valence-electron chi connectivity index (χ4n) is 1.24. The van der Waals surface area contributed by atoms with Crippen LogP contribution in [0.2, 0.25) is 0 Å². The van der Waals surface area contributed by atoms with Gasteiger partial charge in [-0.15, -0.1) is 23.2 Å². The van der Waals surface area contributed by atoms with E-state index in [0.717, 1.165) is 0 Å². The van der Waals surface area contributed by atoms with E-state index in [0.29, 0.717) is 18.3 Å². The summed E-state index contributed by atoms with van der Waals surface area (Å²) in [6.07, 6.45) is 0. The molecule has 15 heavy (non-hydrogen) atoms. The highest BCUT2D eigenvalue weighted by molar-refractivity contribution is 6.19. The van der Waals surface area contributed by atoms with Gasteiger partial charge < -0.3 is 4.90 Å². The zero-order valence-corrected chi connectivity index (χ0v) is 11.7. The molecule has 4 heteroatoms. The van der Waals surface area contributed by atoms with Crippen molar-refractivity contribution in [1.29, 1.82) is 0 Å². The first-order valence-corrected chi connectivity index (χ1v) is 6.17. The number of hydrogen-bond acceptors (Lipinski definition) is 1. The zero-order chi connectivity index (χ0) is 12.3. The first kappa shape index (κ1) is 15.0. The minimum atomic E-state index is -0.393. The molecule has 0 rings (SSSR count). The highest BCUT2D eigenvalue weighted by Crippen LogP contribution is 2.24. The van der Waals surface area contributed by atoms with Crippen LogP contribution in [0.25, 0.3) is 0 Å². The predicted octanol–water partition coefficient (Wildman–Crippen LogP) is 3.12. The molecule has 2 nitrogen and oxygen atoms in total. The molecule has 0 N–H and O–H groups in total. The standard InChI is InChI=1S/C11H21Cl2NO/c1-10(2,3)9(15)14(7-6-12)11(4,5)8-13/h6-8H2,1-5H3. The molecule has 0 saturated carbocycles. The third kappa shape index (κ3) is 4.20. The maximum Gasteiger partial charge on any atom is 0.228 e. The fraction of sp³-hybridized carbons (Fsp3) is 0.909. The summed E-state index contributed by atoms with van der Waals surface area (Å²) in [5.74, 6) is 0.933. The Balaban J connectivity index is 4.90. The number of alkyl halides is 2. The average Bonchev–Trinajstić information content (AvgIpc) is 2.11. The molecular formula is C11H21Cl2NO. The highest BCUT2D eigenvalue weighted by Gasteiger charge is 2.35. The Hall–Kier alpha value is 0.0500. The number of amides is 1. The molecule has 0 unspecified atom stereocenters. The Morgan fingerprint density at radius 1 is 1.13 bits per heavy atom. The normalized spacial score (nSPS) is 12.7. The van der Waals surface area contributed by atoms with Crippen LogP contribution in [0, 0.1) is 5.41 Å². The minimum Gasteiger partial charge on any atom is -0.335 e. The van der Waals surface area contributed by atoms with Crippen molar-refractivity contribution in [2.24, 2.45) is 5.41 Å². The minimum absolute atomic E-state index is 0.0915. The number of rotatable bonds is 4. The van der Waals surface area contributed by atoms with Crippen LogP contribution in [0.3, 0.4) is 0 Å². The van der Waals surface area contributed by atoms with E-state index in [2.05, 4.69) is 0 Å². The van der Waals surface area contributed by atoms with Crippen molar-refractivity contribution in [3.05, 3.63) is 0 Å². The van der Waals surface area contributed by atoms with E-state index in [4.69, 9.17) is 23.2 Å². The van der Waals surface area contributed by atoms with Crippen molar-refractivity contribution >= 4 is 29.1 Å². The van der Waals surface area contributed by atoms with Crippen molar-refractivity contribution in [2.45, 2.75) is 40.2 Å². The molecule has 90 valence electrons. The molecule has 0 atom stereocenters. The third-order valence-electron chi connectivity index (χ3n) is 2.25. The number of halogens is 2. The van der Waals surface area contributed by atoms with Gasteiger partial charge >= 0.3 is 0 Å². The molecule has 0 radical (unpaired) electrons. The van der Waals surface area contributed by atoms with Crippen molar-refractivity contribution < 1.29 is 4.79 Å². The van der Waals surface area contributed by atoms with Gasteiger partial charge in [0.2, 0.25) is 5.91 Å². The van der Waals surface area contributed by atoms with Gasteiger partial charge in [0.15, 0.2) is 0 Å². The lowest BCUT2D eigenvalue weighted by Crippen LogP contribution is -2.53. The van der Waals surface area contributed by atoms with Crippen LogP contribution in [0.4, 0.5) is 0 Å². The van der Waals surface area contributed by atoms with Crippen molar-refractivity contribution in [3.63, 3.8) is 0 Å². The van der Waals surface area contributed by atoms with E-state index in [9.17, 15) is 4.79 Å². The van der Waals surface area contributed by atoms with Crippen LogP contribution in [0.5, 0.6) is 0 Å². The summed E-state index contributed by atoms with van der Waals surface area (Å²) >= 11 is 11.6. The number of hydrogen-bond donors (Lipinski definition) is 0. The Morgan fingerprint density at radius 3 is 1.87 bits per heavy atom. The van der Waals surface area contributed by atoms with Crippen LogP contribution in [-0.2, 0) is 4.79 Å². The van der Waals surface area contributed by atoms with Crippen LogP contribution in [-0.4, -0.2) is 34.7 Å². The first-order valence-electron chi connectivity index (χ1n) is 5.11. The smallest absolute Gasteiger partial charge is 0.228 e. The molecule has 0 heterocycles. The topological polar surface area (TPSA) is 20.3 Å². The quantitative estimate of drug-likeness (QED) is 0.706. The molecule has 1 amide bonds. The second-order valence-electron chi connectivity index (χ2n) is 5.34. The van der Waals surface area contributed by atoms with Crippen molar-refractivity contribution in [1.82, 2.24) is 4.90 Å². The van der Waals surface area contributed by atoms with E-state index < -0.39 is 5.41 Å². The van der Waals surface area contributed by atoms with Crippen LogP contribution in [0.1, 0.15) is 34.6 Å². The summed E-state index contributed by atoms with van der Waals surface area (Å²) in [5, 5.41) is 0. The summed E-state index contributed by atoms with van der Waals surface area (Å²) in [6, 6.07) is 0. The third-order valence-corrected chi connectivity index (χ3v) is 3.08. The Kier molecular flexibility index (Phi) is 5.42. The second-order valence-corrected chi connectivity index (χ2v) is 5.99. The summed E-state index contributed by atoms with van der Waals surface area (Å²) in [4.78, 5) is 13.9. The first-order chi connectivity index (χ1) is 6.66. The molecule has 0 saturated heterocycles. The van der Waals surface area contributed by atoms with Gasteiger partial charge in [-0.25, -0.2) is 0 Å². The lowest BCUT2D eigenvalue weighted by molar-refractivity contribution is -0.144. The van der Waals surface area contributed by atoms with Gasteiger partial charge in [0.05, 0.1) is 5.54 Å². The van der Waals surface area contributed by atoms with E-state index in [1.165, 1.54) is 0 Å². The summed E-state index contributed by atoms with van der Waals surface area (Å²) in [6.45, 7) is 10.2. The molecule has 0 fully saturated rings. The van der Waals surface area contributed by atoms with Gasteiger partial charge in [-0.2, -0.15) is 0 Å². The van der Waals surface area contributed by atoms with E-state index in [1.54, 1.807) is 4.90 Å². The highest BCUT2D eigenvalue weighted by atomic mass is 35.5. The predicted molar refractivity (Wildman–Crippen MR) is 66.7 cm³/mol. The fourth-order valence-corrected chi connectivity index (χ4v) is 1.55. The maximum atomic E-state index is 12.2. The van der Waals surface area contributed by atoms with Gasteiger partial charge in [-0.3, -0.25) is 4.79 Å². The lowest BCUT2D eigenvalue weighted by atomic mass is 9.92. The molecule has 0 spiro atoms. The molecular weight excluding hydrogens is 233 g/mol.